The maximum Gasteiger partial charge on any atom is 0.0980 e. The molecule has 0 saturated heterocycles. The van der Waals surface area contributed by atoms with Crippen LogP contribution in [0, 0.1) is 13.8 Å². The van der Waals surface area contributed by atoms with Gasteiger partial charge >= 0.3 is 0 Å². The molecule has 0 fully saturated rings. The molecule has 14 heavy (non-hydrogen) atoms. The Balaban J connectivity index is 2.57. The van der Waals surface area contributed by atoms with Crippen molar-refractivity contribution in [3.63, 3.8) is 0 Å². The Morgan fingerprint density at radius 2 is 1.71 bits per heavy atom. The lowest BCUT2D eigenvalue weighted by molar-refractivity contribution is 0.568. The number of rotatable bonds is 1. The third-order valence-electron chi connectivity index (χ3n) is 2.29. The maximum absolute atomic E-state index is 5.07. The van der Waals surface area contributed by atoms with Gasteiger partial charge < -0.3 is 4.42 Å². The van der Waals surface area contributed by atoms with E-state index in [0.717, 1.165) is 5.56 Å². The van der Waals surface area contributed by atoms with E-state index in [4.69, 9.17) is 4.42 Å². The van der Waals surface area contributed by atoms with Crippen LogP contribution in [0.25, 0.3) is 11.1 Å². The van der Waals surface area contributed by atoms with Gasteiger partial charge in [0.25, 0.3) is 0 Å². The quantitative estimate of drug-likeness (QED) is 0.735. The molecule has 0 aliphatic heterocycles. The van der Waals surface area contributed by atoms with E-state index in [-0.39, 0.29) is 0 Å². The number of halogens is 1. The van der Waals surface area contributed by atoms with E-state index in [1.54, 1.807) is 12.5 Å². The number of furan rings is 1. The first-order chi connectivity index (χ1) is 6.68. The third kappa shape index (κ3) is 1.62. The minimum atomic E-state index is 1.13. The van der Waals surface area contributed by atoms with Crippen molar-refractivity contribution in [3.05, 3.63) is 46.3 Å². The molecule has 0 radical (unpaired) electrons. The van der Waals surface area contributed by atoms with Crippen molar-refractivity contribution in [2.45, 2.75) is 13.8 Å². The Hall–Kier alpha value is -1.02. The van der Waals surface area contributed by atoms with Crippen LogP contribution in [-0.4, -0.2) is 0 Å². The molecule has 2 heteroatoms. The molecule has 1 heterocycles. The highest BCUT2D eigenvalue weighted by molar-refractivity contribution is 9.10. The Labute approximate surface area is 91.9 Å². The highest BCUT2D eigenvalue weighted by atomic mass is 79.9. The van der Waals surface area contributed by atoms with Gasteiger partial charge in [-0.25, -0.2) is 0 Å². The van der Waals surface area contributed by atoms with E-state index in [2.05, 4.69) is 41.9 Å². The monoisotopic (exact) mass is 250 g/mol. The van der Waals surface area contributed by atoms with Crippen molar-refractivity contribution < 1.29 is 4.42 Å². The summed E-state index contributed by atoms with van der Waals surface area (Å²) < 4.78 is 6.25. The standard InChI is InChI=1S/C12H11BrO/c1-8-5-11(6-9(2)12(8)13)10-3-4-14-7-10/h3-7H,1-2H3. The van der Waals surface area contributed by atoms with Crippen LogP contribution in [0.5, 0.6) is 0 Å². The van der Waals surface area contributed by atoms with Crippen LogP contribution in [0.1, 0.15) is 11.1 Å². The van der Waals surface area contributed by atoms with Crippen LogP contribution in [0.2, 0.25) is 0 Å². The molecule has 72 valence electrons. The smallest absolute Gasteiger partial charge is 0.0980 e. The van der Waals surface area contributed by atoms with Gasteiger partial charge in [0.1, 0.15) is 0 Å². The van der Waals surface area contributed by atoms with Crippen LogP contribution in [-0.2, 0) is 0 Å². The first kappa shape index (κ1) is 9.53. The van der Waals surface area contributed by atoms with Gasteiger partial charge in [0.15, 0.2) is 0 Å². The molecular weight excluding hydrogens is 240 g/mol. The van der Waals surface area contributed by atoms with E-state index in [1.807, 2.05) is 6.07 Å². The summed E-state index contributed by atoms with van der Waals surface area (Å²) in [6.07, 6.45) is 3.46. The van der Waals surface area contributed by atoms with E-state index in [0.29, 0.717) is 0 Å². The molecule has 1 aromatic heterocycles. The average molecular weight is 251 g/mol. The van der Waals surface area contributed by atoms with E-state index in [9.17, 15) is 0 Å². The summed E-state index contributed by atoms with van der Waals surface area (Å²) in [4.78, 5) is 0. The van der Waals surface area contributed by atoms with Gasteiger partial charge in [0.05, 0.1) is 12.5 Å². The fourth-order valence-corrected chi connectivity index (χ4v) is 1.77. The maximum atomic E-state index is 5.07. The molecule has 2 rings (SSSR count). The van der Waals surface area contributed by atoms with Crippen molar-refractivity contribution in [2.24, 2.45) is 0 Å². The molecule has 0 amide bonds. The molecule has 0 atom stereocenters. The predicted octanol–water partition coefficient (Wildman–Crippen LogP) is 4.33. The van der Waals surface area contributed by atoms with Gasteiger partial charge in [-0.1, -0.05) is 28.1 Å². The normalized spacial score (nSPS) is 10.5. The molecule has 0 aliphatic rings. The highest BCUT2D eigenvalue weighted by Gasteiger charge is 2.04. The van der Waals surface area contributed by atoms with Crippen LogP contribution in [0.4, 0.5) is 0 Å². The van der Waals surface area contributed by atoms with Crippen LogP contribution in [0.3, 0.4) is 0 Å². The molecule has 0 N–H and O–H groups in total. The highest BCUT2D eigenvalue weighted by Crippen LogP contribution is 2.28. The zero-order valence-corrected chi connectivity index (χ0v) is 9.76. The first-order valence-electron chi connectivity index (χ1n) is 4.48. The lowest BCUT2D eigenvalue weighted by Gasteiger charge is -2.05. The summed E-state index contributed by atoms with van der Waals surface area (Å²) in [5, 5.41) is 0. The lowest BCUT2D eigenvalue weighted by atomic mass is 10.0. The molecule has 0 saturated carbocycles. The number of hydrogen-bond acceptors (Lipinski definition) is 1. The first-order valence-corrected chi connectivity index (χ1v) is 5.27. The van der Waals surface area contributed by atoms with Crippen LogP contribution >= 0.6 is 15.9 Å². The van der Waals surface area contributed by atoms with Crippen LogP contribution < -0.4 is 0 Å². The minimum Gasteiger partial charge on any atom is -0.472 e. The zero-order valence-electron chi connectivity index (χ0n) is 8.17. The predicted molar refractivity (Wildman–Crippen MR) is 61.3 cm³/mol. The Morgan fingerprint density at radius 3 is 2.21 bits per heavy atom. The second-order valence-corrected chi connectivity index (χ2v) is 4.23. The van der Waals surface area contributed by atoms with Gasteiger partial charge in [-0.3, -0.25) is 0 Å². The molecule has 2 aromatic rings. The fourth-order valence-electron chi connectivity index (χ4n) is 1.54. The Morgan fingerprint density at radius 1 is 1.07 bits per heavy atom. The summed E-state index contributed by atoms with van der Waals surface area (Å²) in [5.74, 6) is 0. The van der Waals surface area contributed by atoms with Gasteiger partial charge in [0, 0.05) is 10.0 Å². The zero-order chi connectivity index (χ0) is 10.1. The van der Waals surface area contributed by atoms with Crippen molar-refractivity contribution in [1.29, 1.82) is 0 Å². The van der Waals surface area contributed by atoms with Gasteiger partial charge in [-0.2, -0.15) is 0 Å². The average Bonchev–Trinajstić information content (AvgIpc) is 2.66. The largest absolute Gasteiger partial charge is 0.472 e. The summed E-state index contributed by atoms with van der Waals surface area (Å²) in [5.41, 5.74) is 4.84. The number of benzene rings is 1. The molecule has 1 aromatic carbocycles. The van der Waals surface area contributed by atoms with Crippen LogP contribution in [0.15, 0.2) is 39.6 Å². The number of aryl methyl sites for hydroxylation is 2. The molecule has 0 aliphatic carbocycles. The van der Waals surface area contributed by atoms with E-state index >= 15 is 0 Å². The van der Waals surface area contributed by atoms with Crippen molar-refractivity contribution in [2.75, 3.05) is 0 Å². The summed E-state index contributed by atoms with van der Waals surface area (Å²) in [7, 11) is 0. The van der Waals surface area contributed by atoms with Gasteiger partial charge in [-0.15, -0.1) is 0 Å². The van der Waals surface area contributed by atoms with Crippen molar-refractivity contribution >= 4 is 15.9 Å². The SMILES string of the molecule is Cc1cc(-c2ccoc2)cc(C)c1Br. The van der Waals surface area contributed by atoms with Crippen molar-refractivity contribution in [1.82, 2.24) is 0 Å². The van der Waals surface area contributed by atoms with E-state index < -0.39 is 0 Å². The fraction of sp³-hybridized carbons (Fsp3) is 0.167. The molecular formula is C12H11BrO. The lowest BCUT2D eigenvalue weighted by Crippen LogP contribution is -1.84. The number of hydrogen-bond donors (Lipinski definition) is 0. The van der Waals surface area contributed by atoms with Gasteiger partial charge in [0.2, 0.25) is 0 Å². The van der Waals surface area contributed by atoms with Gasteiger partial charge in [-0.05, 0) is 36.6 Å². The Bertz CT molecular complexity index is 420. The molecule has 0 bridgehead atoms. The summed E-state index contributed by atoms with van der Waals surface area (Å²) >= 11 is 3.55. The second kappa shape index (κ2) is 3.62. The summed E-state index contributed by atoms with van der Waals surface area (Å²) in [6, 6.07) is 6.28. The molecule has 1 nitrogen and oxygen atoms in total. The second-order valence-electron chi connectivity index (χ2n) is 3.44. The topological polar surface area (TPSA) is 13.1 Å². The third-order valence-corrected chi connectivity index (χ3v) is 3.54. The Kier molecular flexibility index (Phi) is 2.46. The molecule has 0 unspecified atom stereocenters. The summed E-state index contributed by atoms with van der Waals surface area (Å²) in [6.45, 7) is 4.20. The van der Waals surface area contributed by atoms with E-state index in [1.165, 1.54) is 21.2 Å². The molecule has 0 spiro atoms. The minimum absolute atomic E-state index is 1.13. The van der Waals surface area contributed by atoms with Crippen molar-refractivity contribution in [3.8, 4) is 11.1 Å².